The molecule has 11 heavy (non-hydrogen) atoms. The van der Waals surface area contributed by atoms with Gasteiger partial charge in [-0.3, -0.25) is 0 Å². The summed E-state index contributed by atoms with van der Waals surface area (Å²) in [6.07, 6.45) is 8.68. The second kappa shape index (κ2) is 3.90. The molecule has 0 aromatic carbocycles. The van der Waals surface area contributed by atoms with Crippen LogP contribution in [0.1, 0.15) is 13.3 Å². The summed E-state index contributed by atoms with van der Waals surface area (Å²) in [4.78, 5) is 0. The fraction of sp³-hybridized carbons (Fsp3) is 0.500. The lowest BCUT2D eigenvalue weighted by Gasteiger charge is -2.31. The molecule has 1 aliphatic carbocycles. The summed E-state index contributed by atoms with van der Waals surface area (Å²) in [6, 6.07) is -0.0255. The van der Waals surface area contributed by atoms with Crippen LogP contribution in [0, 0.1) is 0 Å². The van der Waals surface area contributed by atoms with Crippen molar-refractivity contribution in [3.63, 3.8) is 0 Å². The van der Waals surface area contributed by atoms with Crippen LogP contribution in [0.3, 0.4) is 0 Å². The number of allylic oxidation sites excluding steroid dienone is 2. The van der Waals surface area contributed by atoms with Crippen molar-refractivity contribution in [1.82, 2.24) is 0 Å². The SMILES string of the molecule is CCC1(N)C=CC=CC1N.Cl. The van der Waals surface area contributed by atoms with Gasteiger partial charge in [-0.25, -0.2) is 0 Å². The molecule has 0 amide bonds. The van der Waals surface area contributed by atoms with E-state index in [1.165, 1.54) is 0 Å². The van der Waals surface area contributed by atoms with Crippen molar-refractivity contribution in [3.8, 4) is 0 Å². The molecular formula is C8H15ClN2. The molecule has 3 heteroatoms. The van der Waals surface area contributed by atoms with Crippen molar-refractivity contribution < 1.29 is 0 Å². The van der Waals surface area contributed by atoms with E-state index in [4.69, 9.17) is 11.5 Å². The zero-order valence-electron chi connectivity index (χ0n) is 6.66. The van der Waals surface area contributed by atoms with Crippen LogP contribution < -0.4 is 11.5 Å². The van der Waals surface area contributed by atoms with Crippen LogP contribution in [-0.4, -0.2) is 11.6 Å². The van der Waals surface area contributed by atoms with Gasteiger partial charge in [0.15, 0.2) is 0 Å². The Morgan fingerprint density at radius 1 is 1.45 bits per heavy atom. The zero-order chi connectivity index (χ0) is 7.61. The lowest BCUT2D eigenvalue weighted by Crippen LogP contribution is -2.53. The highest BCUT2D eigenvalue weighted by molar-refractivity contribution is 5.85. The Balaban J connectivity index is 0.000001000. The maximum absolute atomic E-state index is 5.94. The maximum atomic E-state index is 5.94. The molecule has 2 nitrogen and oxygen atoms in total. The summed E-state index contributed by atoms with van der Waals surface area (Å²) >= 11 is 0. The third-order valence-electron chi connectivity index (χ3n) is 2.07. The van der Waals surface area contributed by atoms with Crippen LogP contribution in [0.15, 0.2) is 24.3 Å². The van der Waals surface area contributed by atoms with Crippen LogP contribution in [0.2, 0.25) is 0 Å². The Labute approximate surface area is 73.7 Å². The van der Waals surface area contributed by atoms with Gasteiger partial charge in [0.25, 0.3) is 0 Å². The number of nitrogens with two attached hydrogens (primary N) is 2. The summed E-state index contributed by atoms with van der Waals surface area (Å²) in [6.45, 7) is 2.04. The molecule has 0 spiro atoms. The summed E-state index contributed by atoms with van der Waals surface area (Å²) in [7, 11) is 0. The smallest absolute Gasteiger partial charge is 0.0529 e. The molecule has 0 bridgehead atoms. The van der Waals surface area contributed by atoms with Gasteiger partial charge in [-0.05, 0) is 6.42 Å². The number of rotatable bonds is 1. The van der Waals surface area contributed by atoms with Gasteiger partial charge in [-0.2, -0.15) is 0 Å². The molecule has 0 aromatic heterocycles. The standard InChI is InChI=1S/C8H14N2.ClH/c1-2-8(10)6-4-3-5-7(8)9;/h3-7H,2,9-10H2,1H3;1H. The molecule has 0 saturated heterocycles. The van der Waals surface area contributed by atoms with E-state index in [-0.39, 0.29) is 24.0 Å². The van der Waals surface area contributed by atoms with Crippen molar-refractivity contribution >= 4 is 12.4 Å². The zero-order valence-corrected chi connectivity index (χ0v) is 7.47. The Kier molecular flexibility index (Phi) is 3.79. The largest absolute Gasteiger partial charge is 0.323 e. The predicted molar refractivity (Wildman–Crippen MR) is 50.7 cm³/mol. The van der Waals surface area contributed by atoms with E-state index < -0.39 is 0 Å². The molecular weight excluding hydrogens is 160 g/mol. The molecule has 0 aromatic rings. The van der Waals surface area contributed by atoms with Gasteiger partial charge < -0.3 is 11.5 Å². The van der Waals surface area contributed by atoms with Crippen LogP contribution in [0.5, 0.6) is 0 Å². The number of hydrogen-bond acceptors (Lipinski definition) is 2. The van der Waals surface area contributed by atoms with E-state index in [2.05, 4.69) is 0 Å². The first kappa shape index (κ1) is 10.7. The Morgan fingerprint density at radius 3 is 2.45 bits per heavy atom. The van der Waals surface area contributed by atoms with Gasteiger partial charge in [0.2, 0.25) is 0 Å². The predicted octanol–water partition coefficient (Wildman–Crippen LogP) is 0.969. The van der Waals surface area contributed by atoms with E-state index in [1.54, 1.807) is 0 Å². The molecule has 64 valence electrons. The highest BCUT2D eigenvalue weighted by atomic mass is 35.5. The van der Waals surface area contributed by atoms with E-state index in [1.807, 2.05) is 31.2 Å². The van der Waals surface area contributed by atoms with Gasteiger partial charge in [0, 0.05) is 6.04 Å². The monoisotopic (exact) mass is 174 g/mol. The molecule has 1 aliphatic rings. The highest BCUT2D eigenvalue weighted by Crippen LogP contribution is 2.16. The van der Waals surface area contributed by atoms with Crippen LogP contribution >= 0.6 is 12.4 Å². The molecule has 0 heterocycles. The van der Waals surface area contributed by atoms with Gasteiger partial charge in [-0.1, -0.05) is 31.2 Å². The molecule has 1 rings (SSSR count). The second-order valence-corrected chi connectivity index (χ2v) is 2.74. The molecule has 0 aliphatic heterocycles. The van der Waals surface area contributed by atoms with Crippen molar-refractivity contribution in [2.45, 2.75) is 24.9 Å². The van der Waals surface area contributed by atoms with Crippen molar-refractivity contribution in [3.05, 3.63) is 24.3 Å². The van der Waals surface area contributed by atoms with Crippen molar-refractivity contribution in [2.24, 2.45) is 11.5 Å². The second-order valence-electron chi connectivity index (χ2n) is 2.74. The lowest BCUT2D eigenvalue weighted by atomic mass is 9.86. The van der Waals surface area contributed by atoms with Gasteiger partial charge >= 0.3 is 0 Å². The summed E-state index contributed by atoms with van der Waals surface area (Å²) in [5.41, 5.74) is 11.4. The third kappa shape index (κ3) is 2.06. The van der Waals surface area contributed by atoms with Crippen LogP contribution in [-0.2, 0) is 0 Å². The first-order chi connectivity index (χ1) is 4.69. The summed E-state index contributed by atoms with van der Waals surface area (Å²) in [5.74, 6) is 0. The Bertz CT molecular complexity index is 177. The first-order valence-electron chi connectivity index (χ1n) is 3.59. The van der Waals surface area contributed by atoms with E-state index in [0.717, 1.165) is 6.42 Å². The van der Waals surface area contributed by atoms with E-state index in [9.17, 15) is 0 Å². The fourth-order valence-corrected chi connectivity index (χ4v) is 1.06. The first-order valence-corrected chi connectivity index (χ1v) is 3.59. The van der Waals surface area contributed by atoms with Crippen molar-refractivity contribution in [1.29, 1.82) is 0 Å². The topological polar surface area (TPSA) is 52.0 Å². The molecule has 4 N–H and O–H groups in total. The van der Waals surface area contributed by atoms with Gasteiger partial charge in [0.05, 0.1) is 5.54 Å². The number of halogens is 1. The minimum Gasteiger partial charge on any atom is -0.323 e. The summed E-state index contributed by atoms with van der Waals surface area (Å²) < 4.78 is 0. The Hall–Kier alpha value is -0.310. The molecule has 0 radical (unpaired) electrons. The van der Waals surface area contributed by atoms with E-state index in [0.29, 0.717) is 0 Å². The third-order valence-corrected chi connectivity index (χ3v) is 2.07. The van der Waals surface area contributed by atoms with Crippen LogP contribution in [0.4, 0.5) is 0 Å². The van der Waals surface area contributed by atoms with E-state index >= 15 is 0 Å². The lowest BCUT2D eigenvalue weighted by molar-refractivity contribution is 0.455. The number of hydrogen-bond donors (Lipinski definition) is 2. The average molecular weight is 175 g/mol. The molecule has 0 fully saturated rings. The normalized spacial score (nSPS) is 35.0. The van der Waals surface area contributed by atoms with Crippen molar-refractivity contribution in [2.75, 3.05) is 0 Å². The minimum absolute atomic E-state index is 0. The molecule has 0 saturated carbocycles. The molecule has 2 unspecified atom stereocenters. The van der Waals surface area contributed by atoms with Gasteiger partial charge in [-0.15, -0.1) is 12.4 Å². The van der Waals surface area contributed by atoms with Crippen LogP contribution in [0.25, 0.3) is 0 Å². The fourth-order valence-electron chi connectivity index (χ4n) is 1.06. The summed E-state index contributed by atoms with van der Waals surface area (Å²) in [5, 5.41) is 0. The minimum atomic E-state index is -0.311. The molecule has 2 atom stereocenters. The average Bonchev–Trinajstić information content (AvgIpc) is 1.96. The quantitative estimate of drug-likeness (QED) is 0.623. The Morgan fingerprint density at radius 2 is 2.09 bits per heavy atom. The highest BCUT2D eigenvalue weighted by Gasteiger charge is 2.26. The van der Waals surface area contributed by atoms with Gasteiger partial charge in [0.1, 0.15) is 0 Å². The maximum Gasteiger partial charge on any atom is 0.0529 e.